The molecule has 2 saturated heterocycles. The molecule has 156 valence electrons. The van der Waals surface area contributed by atoms with Crippen molar-refractivity contribution in [3.63, 3.8) is 0 Å². The number of likely N-dealkylation sites (tertiary alicyclic amines) is 1. The smallest absolute Gasteiger partial charge is 0.410 e. The molecule has 2 aliphatic heterocycles. The molecular formula is C21H32FN3O3. The molecule has 0 saturated carbocycles. The van der Waals surface area contributed by atoms with Gasteiger partial charge < -0.3 is 19.3 Å². The zero-order chi connectivity index (χ0) is 20.1. The summed E-state index contributed by atoms with van der Waals surface area (Å²) in [5.41, 5.74) is -0.478. The van der Waals surface area contributed by atoms with Crippen LogP contribution in [0.1, 0.15) is 52.9 Å². The molecule has 1 amide bonds. The Morgan fingerprint density at radius 1 is 1.18 bits per heavy atom. The largest absolute Gasteiger partial charge is 0.492 e. The highest BCUT2D eigenvalue weighted by molar-refractivity contribution is 5.68. The van der Waals surface area contributed by atoms with Crippen LogP contribution >= 0.6 is 0 Å². The van der Waals surface area contributed by atoms with Gasteiger partial charge in [-0.25, -0.2) is 14.2 Å². The van der Waals surface area contributed by atoms with E-state index in [-0.39, 0.29) is 11.9 Å². The summed E-state index contributed by atoms with van der Waals surface area (Å²) in [5.74, 6) is 0.910. The van der Waals surface area contributed by atoms with Crippen LogP contribution in [0, 0.1) is 11.7 Å². The van der Waals surface area contributed by atoms with Crippen molar-refractivity contribution in [2.45, 2.75) is 58.5 Å². The summed E-state index contributed by atoms with van der Waals surface area (Å²) in [5, 5.41) is 0. The highest BCUT2D eigenvalue weighted by atomic mass is 19.1. The van der Waals surface area contributed by atoms with Crippen molar-refractivity contribution in [2.24, 2.45) is 5.92 Å². The highest BCUT2D eigenvalue weighted by Crippen LogP contribution is 2.25. The Labute approximate surface area is 167 Å². The lowest BCUT2D eigenvalue weighted by Gasteiger charge is -2.33. The van der Waals surface area contributed by atoms with E-state index in [1.165, 1.54) is 12.5 Å². The number of halogens is 1. The van der Waals surface area contributed by atoms with Gasteiger partial charge in [0.2, 0.25) is 0 Å². The van der Waals surface area contributed by atoms with Crippen LogP contribution in [0.2, 0.25) is 0 Å². The van der Waals surface area contributed by atoms with Crippen LogP contribution in [-0.2, 0) is 4.74 Å². The first-order valence-electron chi connectivity index (χ1n) is 10.3. The fourth-order valence-corrected chi connectivity index (χ4v) is 3.65. The minimum atomic E-state index is -0.478. The van der Waals surface area contributed by atoms with E-state index < -0.39 is 5.60 Å². The molecule has 28 heavy (non-hydrogen) atoms. The Morgan fingerprint density at radius 2 is 1.86 bits per heavy atom. The molecule has 1 aromatic heterocycles. The zero-order valence-corrected chi connectivity index (χ0v) is 17.2. The van der Waals surface area contributed by atoms with E-state index in [0.717, 1.165) is 38.8 Å². The number of hydrogen-bond donors (Lipinski definition) is 0. The summed E-state index contributed by atoms with van der Waals surface area (Å²) in [4.78, 5) is 20.2. The number of rotatable bonds is 4. The Kier molecular flexibility index (Phi) is 6.62. The zero-order valence-electron chi connectivity index (χ0n) is 17.2. The molecule has 7 heteroatoms. The lowest BCUT2D eigenvalue weighted by Crippen LogP contribution is -2.42. The SMILES string of the molecule is CC(C)(C)OC(=O)N1CCC(COc2cnc(N3CCCCC3)c(F)c2)CC1. The van der Waals surface area contributed by atoms with Crippen LogP contribution in [0.5, 0.6) is 5.75 Å². The van der Waals surface area contributed by atoms with Crippen LogP contribution in [0.3, 0.4) is 0 Å². The molecule has 2 aliphatic rings. The molecule has 1 aromatic rings. The normalized spacial score (nSPS) is 18.9. The van der Waals surface area contributed by atoms with Crippen LogP contribution < -0.4 is 9.64 Å². The number of hydrogen-bond acceptors (Lipinski definition) is 5. The fourth-order valence-electron chi connectivity index (χ4n) is 3.65. The molecule has 6 nitrogen and oxygen atoms in total. The topological polar surface area (TPSA) is 54.9 Å². The summed E-state index contributed by atoms with van der Waals surface area (Å²) >= 11 is 0. The average molecular weight is 394 g/mol. The Morgan fingerprint density at radius 3 is 2.46 bits per heavy atom. The standard InChI is InChI=1S/C21H32FN3O3/c1-21(2,3)28-20(26)25-11-7-16(8-12-25)15-27-17-13-18(22)19(23-14-17)24-9-5-4-6-10-24/h13-14,16H,4-12,15H2,1-3H3. The van der Waals surface area contributed by atoms with Crippen molar-refractivity contribution in [2.75, 3.05) is 37.7 Å². The molecule has 0 unspecified atom stereocenters. The van der Waals surface area contributed by atoms with Crippen molar-refractivity contribution in [1.82, 2.24) is 9.88 Å². The van der Waals surface area contributed by atoms with Gasteiger partial charge in [0.25, 0.3) is 0 Å². The molecule has 3 rings (SSSR count). The molecule has 0 aliphatic carbocycles. The quantitative estimate of drug-likeness (QED) is 0.766. The first kappa shape index (κ1) is 20.7. The number of carbonyl (C=O) groups is 1. The van der Waals surface area contributed by atoms with Gasteiger partial charge in [-0.1, -0.05) is 0 Å². The minimum absolute atomic E-state index is 0.258. The third-order valence-electron chi connectivity index (χ3n) is 5.20. The lowest BCUT2D eigenvalue weighted by molar-refractivity contribution is 0.0165. The van der Waals surface area contributed by atoms with Gasteiger partial charge in [-0.3, -0.25) is 0 Å². The van der Waals surface area contributed by atoms with Crippen LogP contribution in [0.15, 0.2) is 12.3 Å². The van der Waals surface area contributed by atoms with E-state index in [1.807, 2.05) is 25.7 Å². The van der Waals surface area contributed by atoms with E-state index in [1.54, 1.807) is 11.1 Å². The monoisotopic (exact) mass is 393 g/mol. The van der Waals surface area contributed by atoms with Crippen molar-refractivity contribution in [3.05, 3.63) is 18.1 Å². The molecule has 0 spiro atoms. The number of pyridine rings is 1. The first-order chi connectivity index (χ1) is 13.3. The molecule has 0 atom stereocenters. The molecule has 0 radical (unpaired) electrons. The number of anilines is 1. The molecule has 0 N–H and O–H groups in total. The van der Waals surface area contributed by atoms with Gasteiger partial charge in [0.1, 0.15) is 11.4 Å². The maximum atomic E-state index is 14.4. The molecular weight excluding hydrogens is 361 g/mol. The molecule has 0 bridgehead atoms. The number of amides is 1. The van der Waals surface area contributed by atoms with Gasteiger partial charge in [0.15, 0.2) is 11.6 Å². The number of ether oxygens (including phenoxy) is 2. The molecule has 0 aromatic carbocycles. The Bertz CT molecular complexity index is 663. The Hall–Kier alpha value is -2.05. The van der Waals surface area contributed by atoms with E-state index in [9.17, 15) is 9.18 Å². The third-order valence-corrected chi connectivity index (χ3v) is 5.20. The predicted molar refractivity (Wildman–Crippen MR) is 106 cm³/mol. The summed E-state index contributed by atoms with van der Waals surface area (Å²) < 4.78 is 25.6. The maximum Gasteiger partial charge on any atom is 0.410 e. The van der Waals surface area contributed by atoms with E-state index >= 15 is 0 Å². The number of piperidine rings is 2. The van der Waals surface area contributed by atoms with Crippen molar-refractivity contribution in [3.8, 4) is 5.75 Å². The summed E-state index contributed by atoms with van der Waals surface area (Å²) in [6, 6.07) is 1.44. The molecule has 3 heterocycles. The number of aromatic nitrogens is 1. The van der Waals surface area contributed by atoms with E-state index in [4.69, 9.17) is 9.47 Å². The second-order valence-corrected chi connectivity index (χ2v) is 8.75. The summed E-state index contributed by atoms with van der Waals surface area (Å²) in [6.07, 6.45) is 6.42. The van der Waals surface area contributed by atoms with Crippen molar-refractivity contribution in [1.29, 1.82) is 0 Å². The van der Waals surface area contributed by atoms with Crippen LogP contribution in [0.4, 0.5) is 15.0 Å². The Balaban J connectivity index is 1.45. The van der Waals surface area contributed by atoms with Crippen molar-refractivity contribution < 1.29 is 18.7 Å². The summed E-state index contributed by atoms with van der Waals surface area (Å²) in [6.45, 7) is 9.15. The fraction of sp³-hybridized carbons (Fsp3) is 0.714. The van der Waals surface area contributed by atoms with Gasteiger partial charge in [0.05, 0.1) is 12.8 Å². The summed E-state index contributed by atoms with van der Waals surface area (Å²) in [7, 11) is 0. The maximum absolute atomic E-state index is 14.4. The van der Waals surface area contributed by atoms with Gasteiger partial charge in [-0.05, 0) is 58.8 Å². The second kappa shape index (κ2) is 8.97. The van der Waals surface area contributed by atoms with Gasteiger partial charge in [-0.2, -0.15) is 0 Å². The van der Waals surface area contributed by atoms with Crippen LogP contribution in [-0.4, -0.2) is 54.4 Å². The number of carbonyl (C=O) groups excluding carboxylic acids is 1. The average Bonchev–Trinajstić information content (AvgIpc) is 2.66. The van der Waals surface area contributed by atoms with E-state index in [0.29, 0.717) is 37.2 Å². The van der Waals surface area contributed by atoms with Gasteiger partial charge in [0, 0.05) is 32.2 Å². The predicted octanol–water partition coefficient (Wildman–Crippen LogP) is 4.24. The van der Waals surface area contributed by atoms with Crippen molar-refractivity contribution >= 4 is 11.9 Å². The van der Waals surface area contributed by atoms with Gasteiger partial charge >= 0.3 is 6.09 Å². The lowest BCUT2D eigenvalue weighted by atomic mass is 9.98. The third kappa shape index (κ3) is 5.72. The highest BCUT2D eigenvalue weighted by Gasteiger charge is 2.27. The second-order valence-electron chi connectivity index (χ2n) is 8.75. The minimum Gasteiger partial charge on any atom is -0.492 e. The van der Waals surface area contributed by atoms with Gasteiger partial charge in [-0.15, -0.1) is 0 Å². The van der Waals surface area contributed by atoms with Crippen LogP contribution in [0.25, 0.3) is 0 Å². The molecule has 2 fully saturated rings. The van der Waals surface area contributed by atoms with E-state index in [2.05, 4.69) is 4.98 Å². The number of nitrogens with zero attached hydrogens (tertiary/aromatic N) is 3. The first-order valence-corrected chi connectivity index (χ1v) is 10.3.